The zero-order valence-corrected chi connectivity index (χ0v) is 18.1. The van der Waals surface area contributed by atoms with Gasteiger partial charge in [-0.05, 0) is 51.1 Å². The number of amides is 1. The molecule has 3 aromatic rings. The summed E-state index contributed by atoms with van der Waals surface area (Å²) in [5.41, 5.74) is 6.85. The molecule has 158 valence electrons. The summed E-state index contributed by atoms with van der Waals surface area (Å²) in [6, 6.07) is 14.2. The Balaban J connectivity index is 1.67. The summed E-state index contributed by atoms with van der Waals surface area (Å²) in [5, 5.41) is 3.08. The Hall–Kier alpha value is -2.57. The lowest BCUT2D eigenvalue weighted by Crippen LogP contribution is -2.69. The first-order chi connectivity index (χ1) is 14.2. The van der Waals surface area contributed by atoms with Crippen molar-refractivity contribution in [1.82, 2.24) is 9.58 Å². The molecule has 0 bridgehead atoms. The number of fused-ring (bicyclic) bond motifs is 1. The van der Waals surface area contributed by atoms with Gasteiger partial charge in [-0.25, -0.2) is 4.39 Å². The van der Waals surface area contributed by atoms with Crippen LogP contribution in [0.15, 0.2) is 54.7 Å². The van der Waals surface area contributed by atoms with E-state index in [9.17, 15) is 9.18 Å². The van der Waals surface area contributed by atoms with E-state index in [0.717, 1.165) is 10.9 Å². The molecule has 5 nitrogen and oxygen atoms in total. The summed E-state index contributed by atoms with van der Waals surface area (Å²) in [4.78, 5) is 13.7. The van der Waals surface area contributed by atoms with Crippen LogP contribution in [0.1, 0.15) is 36.7 Å². The number of piperazine rings is 1. The second-order valence-electron chi connectivity index (χ2n) is 8.56. The maximum atomic E-state index is 14.2. The second-order valence-corrected chi connectivity index (χ2v) is 9.01. The molecule has 30 heavy (non-hydrogen) atoms. The molecule has 2 atom stereocenters. The number of aromatic nitrogens is 1. The van der Waals surface area contributed by atoms with E-state index in [-0.39, 0.29) is 22.9 Å². The minimum absolute atomic E-state index is 0.0124. The number of nitrogens with zero attached hydrogens (tertiary/aromatic N) is 3. The number of hydrogen-bond acceptors (Lipinski definition) is 3. The SMILES string of the molecule is CC1C(Cl)N(n2ccc3cc(C(N)=O)ccc32)C(C)(C)CN1Cc1ccccc1F. The van der Waals surface area contributed by atoms with Crippen LogP contribution in [0.4, 0.5) is 4.39 Å². The van der Waals surface area contributed by atoms with E-state index in [1.807, 2.05) is 30.5 Å². The first-order valence-electron chi connectivity index (χ1n) is 10.0. The monoisotopic (exact) mass is 428 g/mol. The van der Waals surface area contributed by atoms with Gasteiger partial charge < -0.3 is 5.73 Å². The van der Waals surface area contributed by atoms with Crippen LogP contribution in [0.5, 0.6) is 0 Å². The summed E-state index contributed by atoms with van der Waals surface area (Å²) in [5.74, 6) is -0.645. The van der Waals surface area contributed by atoms with E-state index < -0.39 is 5.91 Å². The first-order valence-corrected chi connectivity index (χ1v) is 10.4. The molecule has 2 unspecified atom stereocenters. The van der Waals surface area contributed by atoms with Crippen LogP contribution in [-0.4, -0.2) is 39.1 Å². The van der Waals surface area contributed by atoms with Crippen molar-refractivity contribution in [1.29, 1.82) is 0 Å². The number of primary amides is 1. The zero-order valence-electron chi connectivity index (χ0n) is 17.3. The third kappa shape index (κ3) is 3.55. The number of rotatable bonds is 4. The Morgan fingerprint density at radius 1 is 1.23 bits per heavy atom. The Labute approximate surface area is 180 Å². The van der Waals surface area contributed by atoms with Gasteiger partial charge in [-0.3, -0.25) is 19.4 Å². The van der Waals surface area contributed by atoms with Crippen LogP contribution in [0, 0.1) is 5.82 Å². The molecule has 1 amide bonds. The van der Waals surface area contributed by atoms with Crippen LogP contribution < -0.4 is 10.7 Å². The fraction of sp³-hybridized carbons (Fsp3) is 0.348. The van der Waals surface area contributed by atoms with Gasteiger partial charge in [0.25, 0.3) is 0 Å². The Morgan fingerprint density at radius 2 is 1.97 bits per heavy atom. The quantitative estimate of drug-likeness (QED) is 0.503. The van der Waals surface area contributed by atoms with Crippen molar-refractivity contribution in [2.24, 2.45) is 5.73 Å². The van der Waals surface area contributed by atoms with Crippen molar-refractivity contribution in [2.75, 3.05) is 11.6 Å². The van der Waals surface area contributed by atoms with E-state index in [0.29, 0.717) is 24.2 Å². The van der Waals surface area contributed by atoms with Crippen LogP contribution in [0.3, 0.4) is 0 Å². The molecule has 4 rings (SSSR count). The lowest BCUT2D eigenvalue weighted by atomic mass is 9.97. The van der Waals surface area contributed by atoms with Gasteiger partial charge in [0.05, 0.1) is 11.1 Å². The fourth-order valence-corrected chi connectivity index (χ4v) is 4.87. The van der Waals surface area contributed by atoms with Gasteiger partial charge >= 0.3 is 0 Å². The Bertz CT molecular complexity index is 1100. The molecule has 2 N–H and O–H groups in total. The maximum Gasteiger partial charge on any atom is 0.248 e. The average molecular weight is 429 g/mol. The number of nitrogens with two attached hydrogens (primary N) is 1. The van der Waals surface area contributed by atoms with E-state index in [4.69, 9.17) is 17.3 Å². The van der Waals surface area contributed by atoms with Gasteiger partial charge in [-0.2, -0.15) is 0 Å². The predicted octanol–water partition coefficient (Wildman–Crippen LogP) is 4.07. The Kier molecular flexibility index (Phi) is 5.24. The van der Waals surface area contributed by atoms with E-state index in [1.165, 1.54) is 6.07 Å². The van der Waals surface area contributed by atoms with Crippen molar-refractivity contribution in [2.45, 2.75) is 44.4 Å². The molecule has 1 aliphatic rings. The van der Waals surface area contributed by atoms with Crippen molar-refractivity contribution in [3.63, 3.8) is 0 Å². The van der Waals surface area contributed by atoms with Gasteiger partial charge in [0.2, 0.25) is 5.91 Å². The smallest absolute Gasteiger partial charge is 0.248 e. The fourth-order valence-electron chi connectivity index (χ4n) is 4.35. The Morgan fingerprint density at radius 3 is 2.67 bits per heavy atom. The lowest BCUT2D eigenvalue weighted by Gasteiger charge is -2.54. The largest absolute Gasteiger partial charge is 0.366 e. The van der Waals surface area contributed by atoms with Gasteiger partial charge in [0.1, 0.15) is 11.3 Å². The minimum Gasteiger partial charge on any atom is -0.366 e. The van der Waals surface area contributed by atoms with Crippen molar-refractivity contribution < 1.29 is 9.18 Å². The molecular weight excluding hydrogens is 403 g/mol. The van der Waals surface area contributed by atoms with E-state index in [1.54, 1.807) is 18.2 Å². The highest BCUT2D eigenvalue weighted by Gasteiger charge is 2.44. The van der Waals surface area contributed by atoms with Crippen LogP contribution >= 0.6 is 11.6 Å². The molecule has 1 aromatic heterocycles. The van der Waals surface area contributed by atoms with Crippen molar-refractivity contribution in [3.05, 3.63) is 71.7 Å². The zero-order chi connectivity index (χ0) is 21.6. The molecule has 1 aliphatic heterocycles. The molecule has 1 saturated heterocycles. The molecule has 0 spiro atoms. The highest BCUT2D eigenvalue weighted by molar-refractivity contribution is 6.22. The summed E-state index contributed by atoms with van der Waals surface area (Å²) in [6.07, 6.45) is 1.96. The maximum absolute atomic E-state index is 14.2. The number of alkyl halides is 1. The number of carbonyl (C=O) groups excluding carboxylic acids is 1. The van der Waals surface area contributed by atoms with Gasteiger partial charge in [-0.15, -0.1) is 0 Å². The predicted molar refractivity (Wildman–Crippen MR) is 119 cm³/mol. The van der Waals surface area contributed by atoms with E-state index in [2.05, 4.69) is 35.4 Å². The van der Waals surface area contributed by atoms with Gasteiger partial charge in [0.15, 0.2) is 0 Å². The summed E-state index contributed by atoms with van der Waals surface area (Å²) < 4.78 is 16.3. The number of halogens is 2. The number of hydrogen-bond donors (Lipinski definition) is 1. The molecule has 2 heterocycles. The molecule has 0 saturated carbocycles. The van der Waals surface area contributed by atoms with Crippen molar-refractivity contribution >= 4 is 28.4 Å². The first kappa shape index (κ1) is 20.7. The average Bonchev–Trinajstić information content (AvgIpc) is 3.10. The standard InChI is InChI=1S/C23H26ClFN4O/c1-15-21(24)29(28-11-10-16-12-17(22(26)30)8-9-20(16)28)23(2,3)14-27(15)13-18-6-4-5-7-19(18)25/h4-12,15,21H,13-14H2,1-3H3,(H2,26,30). The summed E-state index contributed by atoms with van der Waals surface area (Å²) in [6.45, 7) is 7.55. The summed E-state index contributed by atoms with van der Waals surface area (Å²) in [7, 11) is 0. The highest BCUT2D eigenvalue weighted by Crippen LogP contribution is 2.33. The van der Waals surface area contributed by atoms with Gasteiger partial charge in [-0.1, -0.05) is 29.8 Å². The van der Waals surface area contributed by atoms with E-state index >= 15 is 0 Å². The normalized spacial score (nSPS) is 21.8. The highest BCUT2D eigenvalue weighted by atomic mass is 35.5. The summed E-state index contributed by atoms with van der Waals surface area (Å²) >= 11 is 6.99. The number of benzene rings is 2. The van der Waals surface area contributed by atoms with Gasteiger partial charge in [0, 0.05) is 41.8 Å². The second kappa shape index (κ2) is 7.60. The molecule has 2 aromatic carbocycles. The number of carbonyl (C=O) groups is 1. The topological polar surface area (TPSA) is 54.5 Å². The van der Waals surface area contributed by atoms with Crippen LogP contribution in [0.2, 0.25) is 0 Å². The molecule has 0 radical (unpaired) electrons. The molecular formula is C23H26ClFN4O. The third-order valence-electron chi connectivity index (χ3n) is 5.94. The molecule has 7 heteroatoms. The van der Waals surface area contributed by atoms with Crippen LogP contribution in [-0.2, 0) is 6.54 Å². The molecule has 0 aliphatic carbocycles. The molecule has 1 fully saturated rings. The lowest BCUT2D eigenvalue weighted by molar-refractivity contribution is 0.0894. The minimum atomic E-state index is -0.449. The third-order valence-corrected chi connectivity index (χ3v) is 6.49. The van der Waals surface area contributed by atoms with Crippen LogP contribution in [0.25, 0.3) is 10.9 Å². The van der Waals surface area contributed by atoms with Crippen molar-refractivity contribution in [3.8, 4) is 0 Å².